The van der Waals surface area contributed by atoms with E-state index in [1.807, 2.05) is 37.3 Å². The summed E-state index contributed by atoms with van der Waals surface area (Å²) in [6, 6.07) is 9.73. The minimum Gasteiger partial charge on any atom is -0.480 e. The molecule has 0 aliphatic heterocycles. The van der Waals surface area contributed by atoms with E-state index in [4.69, 9.17) is 15.8 Å². The molecule has 0 saturated carbocycles. The summed E-state index contributed by atoms with van der Waals surface area (Å²) < 4.78 is 0. The molecule has 1 aromatic rings. The zero-order chi connectivity index (χ0) is 16.6. The van der Waals surface area contributed by atoms with Gasteiger partial charge in [0, 0.05) is 12.6 Å². The van der Waals surface area contributed by atoms with Crippen molar-refractivity contribution < 1.29 is 19.9 Å². The second-order valence-corrected chi connectivity index (χ2v) is 5.70. The molecule has 1 unspecified atom stereocenters. The maximum Gasteiger partial charge on any atom is 0.451 e. The first kappa shape index (κ1) is 18.6. The molecule has 122 valence electrons. The maximum absolute atomic E-state index is 11.4. The number of nitrogens with two attached hydrogens (primary N) is 1. The van der Waals surface area contributed by atoms with E-state index in [1.165, 1.54) is 0 Å². The SMILES string of the molecule is C[C@H](NCC(N)(CCCCB(O)O)C(=O)O)c1ccccc1. The Labute approximate surface area is 131 Å². The number of hydrogen-bond donors (Lipinski definition) is 5. The Bertz CT molecular complexity index is 458. The van der Waals surface area contributed by atoms with Crippen LogP contribution in [0.5, 0.6) is 0 Å². The van der Waals surface area contributed by atoms with Gasteiger partial charge in [0.15, 0.2) is 0 Å². The van der Waals surface area contributed by atoms with Gasteiger partial charge < -0.3 is 26.2 Å². The van der Waals surface area contributed by atoms with Crippen LogP contribution in [0.2, 0.25) is 6.32 Å². The van der Waals surface area contributed by atoms with Gasteiger partial charge in [-0.25, -0.2) is 0 Å². The Hall–Kier alpha value is -1.41. The molecule has 0 saturated heterocycles. The molecule has 6 N–H and O–H groups in total. The van der Waals surface area contributed by atoms with Gasteiger partial charge in [0.25, 0.3) is 0 Å². The quantitative estimate of drug-likeness (QED) is 0.322. The normalized spacial score (nSPS) is 15.1. The molecule has 0 radical (unpaired) electrons. The van der Waals surface area contributed by atoms with Gasteiger partial charge in [-0.1, -0.05) is 43.2 Å². The molecule has 0 fully saturated rings. The Morgan fingerprint density at radius 3 is 2.50 bits per heavy atom. The van der Waals surface area contributed by atoms with Gasteiger partial charge in [-0.2, -0.15) is 0 Å². The molecule has 0 amide bonds. The summed E-state index contributed by atoms with van der Waals surface area (Å²) in [7, 11) is -1.35. The van der Waals surface area contributed by atoms with Crippen molar-refractivity contribution in [2.45, 2.75) is 44.1 Å². The second kappa shape index (κ2) is 8.90. The summed E-state index contributed by atoms with van der Waals surface area (Å²) in [5.41, 5.74) is 5.71. The standard InChI is InChI=1S/C15H25BN2O4/c1-12(13-7-3-2-4-8-13)18-11-15(17,14(19)20)9-5-6-10-16(21)22/h2-4,7-8,12,18,21-22H,5-6,9-11,17H2,1H3,(H,19,20)/t12-,15?/m0/s1. The van der Waals surface area contributed by atoms with Crippen LogP contribution in [0.3, 0.4) is 0 Å². The smallest absolute Gasteiger partial charge is 0.451 e. The van der Waals surface area contributed by atoms with Crippen molar-refractivity contribution in [1.29, 1.82) is 0 Å². The second-order valence-electron chi connectivity index (χ2n) is 5.70. The van der Waals surface area contributed by atoms with Crippen molar-refractivity contribution >= 4 is 13.1 Å². The predicted molar refractivity (Wildman–Crippen MR) is 86.3 cm³/mol. The fourth-order valence-corrected chi connectivity index (χ4v) is 2.23. The van der Waals surface area contributed by atoms with Gasteiger partial charge in [-0.05, 0) is 25.2 Å². The van der Waals surface area contributed by atoms with Gasteiger partial charge in [0.05, 0.1) is 0 Å². The zero-order valence-electron chi connectivity index (χ0n) is 12.9. The van der Waals surface area contributed by atoms with Crippen LogP contribution in [0.1, 0.15) is 37.8 Å². The number of aliphatic carboxylic acids is 1. The summed E-state index contributed by atoms with van der Waals surface area (Å²) in [5.74, 6) is -1.05. The number of carboxylic acid groups (broad SMARTS) is 1. The number of unbranched alkanes of at least 4 members (excludes halogenated alkanes) is 1. The summed E-state index contributed by atoms with van der Waals surface area (Å²) in [5, 5.41) is 30.1. The Morgan fingerprint density at radius 2 is 1.95 bits per heavy atom. The van der Waals surface area contributed by atoms with Gasteiger partial charge in [-0.15, -0.1) is 0 Å². The minimum absolute atomic E-state index is 0.00254. The molecular formula is C15H25BN2O4. The molecule has 0 heterocycles. The predicted octanol–water partition coefficient (Wildman–Crippen LogP) is 0.762. The largest absolute Gasteiger partial charge is 0.480 e. The molecule has 0 aliphatic carbocycles. The van der Waals surface area contributed by atoms with Crippen LogP contribution < -0.4 is 11.1 Å². The molecular weight excluding hydrogens is 283 g/mol. The number of hydrogen-bond acceptors (Lipinski definition) is 5. The number of benzene rings is 1. The van der Waals surface area contributed by atoms with E-state index in [-0.39, 0.29) is 25.3 Å². The van der Waals surface area contributed by atoms with E-state index in [0.717, 1.165) is 5.56 Å². The van der Waals surface area contributed by atoms with Crippen LogP contribution in [0.25, 0.3) is 0 Å². The lowest BCUT2D eigenvalue weighted by atomic mass is 9.82. The van der Waals surface area contributed by atoms with Crippen molar-refractivity contribution in [3.8, 4) is 0 Å². The zero-order valence-corrected chi connectivity index (χ0v) is 12.9. The lowest BCUT2D eigenvalue weighted by Crippen LogP contribution is -2.55. The summed E-state index contributed by atoms with van der Waals surface area (Å²) in [6.07, 6.45) is 1.56. The number of rotatable bonds is 10. The van der Waals surface area contributed by atoms with Gasteiger partial charge in [-0.3, -0.25) is 4.79 Å². The summed E-state index contributed by atoms with van der Waals surface area (Å²) >= 11 is 0. The van der Waals surface area contributed by atoms with Crippen LogP contribution in [0.4, 0.5) is 0 Å². The van der Waals surface area contributed by atoms with Crippen molar-refractivity contribution in [3.63, 3.8) is 0 Å². The number of nitrogens with one attached hydrogen (secondary N) is 1. The average Bonchev–Trinajstić information content (AvgIpc) is 2.49. The van der Waals surface area contributed by atoms with Gasteiger partial charge in [0.1, 0.15) is 5.54 Å². The fourth-order valence-electron chi connectivity index (χ4n) is 2.23. The van der Waals surface area contributed by atoms with Crippen LogP contribution in [0, 0.1) is 0 Å². The highest BCUT2D eigenvalue weighted by molar-refractivity contribution is 6.40. The van der Waals surface area contributed by atoms with Crippen molar-refractivity contribution in [2.75, 3.05) is 6.54 Å². The van der Waals surface area contributed by atoms with Crippen LogP contribution in [-0.4, -0.2) is 40.3 Å². The lowest BCUT2D eigenvalue weighted by Gasteiger charge is -2.27. The molecule has 6 nitrogen and oxygen atoms in total. The summed E-state index contributed by atoms with van der Waals surface area (Å²) in [6.45, 7) is 2.11. The number of carbonyl (C=O) groups is 1. The third-order valence-electron chi connectivity index (χ3n) is 3.78. The molecule has 0 bridgehead atoms. The average molecular weight is 308 g/mol. The molecule has 7 heteroatoms. The molecule has 0 aliphatic rings. The van der Waals surface area contributed by atoms with E-state index in [0.29, 0.717) is 12.8 Å². The van der Waals surface area contributed by atoms with E-state index in [2.05, 4.69) is 5.32 Å². The molecule has 2 atom stereocenters. The topological polar surface area (TPSA) is 116 Å². The van der Waals surface area contributed by atoms with E-state index >= 15 is 0 Å². The van der Waals surface area contributed by atoms with E-state index < -0.39 is 18.6 Å². The van der Waals surface area contributed by atoms with Crippen LogP contribution in [0.15, 0.2) is 30.3 Å². The molecule has 1 aromatic carbocycles. The van der Waals surface area contributed by atoms with Gasteiger partial charge in [0.2, 0.25) is 0 Å². The third kappa shape index (κ3) is 6.15. The molecule has 0 spiro atoms. The Morgan fingerprint density at radius 1 is 1.32 bits per heavy atom. The monoisotopic (exact) mass is 308 g/mol. The molecule has 0 aromatic heterocycles. The fraction of sp³-hybridized carbons (Fsp3) is 0.533. The third-order valence-corrected chi connectivity index (χ3v) is 3.78. The highest BCUT2D eigenvalue weighted by Crippen LogP contribution is 2.16. The first-order valence-corrected chi connectivity index (χ1v) is 7.52. The van der Waals surface area contributed by atoms with Crippen molar-refractivity contribution in [2.24, 2.45) is 5.73 Å². The minimum atomic E-state index is -1.36. The first-order valence-electron chi connectivity index (χ1n) is 7.52. The van der Waals surface area contributed by atoms with Gasteiger partial charge >= 0.3 is 13.1 Å². The highest BCUT2D eigenvalue weighted by Gasteiger charge is 2.33. The Kier molecular flexibility index (Phi) is 7.54. The van der Waals surface area contributed by atoms with E-state index in [9.17, 15) is 9.90 Å². The van der Waals surface area contributed by atoms with E-state index in [1.54, 1.807) is 0 Å². The maximum atomic E-state index is 11.4. The first-order chi connectivity index (χ1) is 10.3. The lowest BCUT2D eigenvalue weighted by molar-refractivity contribution is -0.143. The van der Waals surface area contributed by atoms with Crippen molar-refractivity contribution in [3.05, 3.63) is 35.9 Å². The molecule has 22 heavy (non-hydrogen) atoms. The summed E-state index contributed by atoms with van der Waals surface area (Å²) in [4.78, 5) is 11.4. The van der Waals surface area contributed by atoms with Crippen LogP contribution in [-0.2, 0) is 4.79 Å². The number of carboxylic acids is 1. The van der Waals surface area contributed by atoms with Crippen LogP contribution >= 0.6 is 0 Å². The van der Waals surface area contributed by atoms with Crippen molar-refractivity contribution in [1.82, 2.24) is 5.32 Å². The Balaban J connectivity index is 2.50. The molecule has 1 rings (SSSR count). The highest BCUT2D eigenvalue weighted by atomic mass is 16.4.